The van der Waals surface area contributed by atoms with E-state index in [1.165, 1.54) is 12.5 Å². The zero-order valence-electron chi connectivity index (χ0n) is 16.9. The molecule has 0 bridgehead atoms. The molecule has 146 valence electrons. The van der Waals surface area contributed by atoms with Crippen molar-refractivity contribution in [2.75, 3.05) is 11.9 Å². The van der Waals surface area contributed by atoms with E-state index in [-0.39, 0.29) is 11.4 Å². The zero-order valence-corrected chi connectivity index (χ0v) is 16.9. The molecule has 1 spiro atoms. The molecular weight excluding hydrogens is 364 g/mol. The normalized spacial score (nSPS) is 21.0. The van der Waals surface area contributed by atoms with E-state index in [1.807, 2.05) is 43.6 Å². The van der Waals surface area contributed by atoms with Crippen molar-refractivity contribution < 1.29 is 14.3 Å². The van der Waals surface area contributed by atoms with E-state index in [0.717, 1.165) is 22.1 Å². The molecular formula is C24H22N2O3. The number of esters is 1. The number of fused-ring (bicyclic) bond motifs is 4. The zero-order chi connectivity index (χ0) is 20.4. The van der Waals surface area contributed by atoms with E-state index in [4.69, 9.17) is 14.5 Å². The molecule has 0 radical (unpaired) electrons. The smallest absolute Gasteiger partial charge is 0.308 e. The Hall–Kier alpha value is -3.34. The van der Waals surface area contributed by atoms with Crippen LogP contribution in [0, 0.1) is 0 Å². The minimum absolute atomic E-state index is 0.298. The third kappa shape index (κ3) is 2.33. The van der Waals surface area contributed by atoms with Crippen LogP contribution in [0.5, 0.6) is 11.5 Å². The summed E-state index contributed by atoms with van der Waals surface area (Å²) in [6.45, 7) is 5.77. The highest BCUT2D eigenvalue weighted by Gasteiger charge is 2.58. The molecule has 3 aromatic carbocycles. The molecule has 2 aliphatic heterocycles. The number of ether oxygens (including phenoxy) is 2. The van der Waals surface area contributed by atoms with Crippen molar-refractivity contribution in [1.82, 2.24) is 0 Å². The monoisotopic (exact) mass is 386 g/mol. The van der Waals surface area contributed by atoms with E-state index < -0.39 is 5.72 Å². The Kier molecular flexibility index (Phi) is 3.57. The van der Waals surface area contributed by atoms with Crippen molar-refractivity contribution in [2.24, 2.45) is 4.99 Å². The van der Waals surface area contributed by atoms with Crippen molar-refractivity contribution in [1.29, 1.82) is 0 Å². The second-order valence-electron chi connectivity index (χ2n) is 8.15. The van der Waals surface area contributed by atoms with Crippen molar-refractivity contribution in [3.63, 3.8) is 0 Å². The summed E-state index contributed by atoms with van der Waals surface area (Å²) in [4.78, 5) is 18.4. The number of hydrogen-bond donors (Lipinski definition) is 0. The molecule has 0 amide bonds. The standard InChI is InChI=1S/C24H22N2O3/c1-15(27)28-17-11-9-16-10-12-21-22(18(16)13-17)25-14-24(29-21)23(2,3)19-7-5-6-8-20(19)26(24)4/h5-14H,1-4H3. The minimum atomic E-state index is -0.717. The third-order valence-electron chi connectivity index (χ3n) is 6.16. The second kappa shape index (κ2) is 5.83. The highest BCUT2D eigenvalue weighted by molar-refractivity contribution is 6.00. The summed E-state index contributed by atoms with van der Waals surface area (Å²) < 4.78 is 11.9. The molecule has 0 fully saturated rings. The van der Waals surface area contributed by atoms with Crippen LogP contribution in [0.15, 0.2) is 59.6 Å². The van der Waals surface area contributed by atoms with Crippen LogP contribution in [0.3, 0.4) is 0 Å². The topological polar surface area (TPSA) is 51.1 Å². The Labute approximate surface area is 169 Å². The molecule has 5 rings (SSSR count). The first-order valence-electron chi connectivity index (χ1n) is 9.66. The number of likely N-dealkylation sites (N-methyl/N-ethyl adjacent to an activating group) is 1. The maximum absolute atomic E-state index is 11.3. The molecule has 1 atom stereocenters. The summed E-state index contributed by atoms with van der Waals surface area (Å²) in [5, 5.41) is 1.90. The lowest BCUT2D eigenvalue weighted by atomic mass is 9.77. The number of hydrogen-bond acceptors (Lipinski definition) is 5. The Bertz CT molecular complexity index is 1200. The highest BCUT2D eigenvalue weighted by Crippen LogP contribution is 2.54. The van der Waals surface area contributed by atoms with Crippen molar-refractivity contribution in [3.05, 3.63) is 60.2 Å². The van der Waals surface area contributed by atoms with Crippen LogP contribution in [-0.4, -0.2) is 25.0 Å². The van der Waals surface area contributed by atoms with Gasteiger partial charge in [0.25, 0.3) is 0 Å². The third-order valence-corrected chi connectivity index (χ3v) is 6.16. The minimum Gasteiger partial charge on any atom is -0.459 e. The van der Waals surface area contributed by atoms with Gasteiger partial charge in [-0.15, -0.1) is 0 Å². The van der Waals surface area contributed by atoms with Crippen molar-refractivity contribution in [3.8, 4) is 11.5 Å². The van der Waals surface area contributed by atoms with Gasteiger partial charge in [0.05, 0.1) is 11.6 Å². The fourth-order valence-corrected chi connectivity index (χ4v) is 4.58. The van der Waals surface area contributed by atoms with Gasteiger partial charge in [-0.05, 0) is 49.1 Å². The molecule has 29 heavy (non-hydrogen) atoms. The summed E-state index contributed by atoms with van der Waals surface area (Å²) in [6.07, 6.45) is 1.91. The Balaban J connectivity index is 1.65. The number of nitrogens with zero attached hydrogens (tertiary/aromatic N) is 2. The van der Waals surface area contributed by atoms with Crippen LogP contribution in [0.4, 0.5) is 11.4 Å². The van der Waals surface area contributed by atoms with Gasteiger partial charge in [0.1, 0.15) is 17.2 Å². The Morgan fingerprint density at radius 3 is 2.62 bits per heavy atom. The molecule has 0 saturated carbocycles. The van der Waals surface area contributed by atoms with Gasteiger partial charge < -0.3 is 14.4 Å². The predicted octanol–water partition coefficient (Wildman–Crippen LogP) is 4.98. The number of carbonyl (C=O) groups excluding carboxylic acids is 1. The van der Waals surface area contributed by atoms with Gasteiger partial charge in [-0.25, -0.2) is 0 Å². The van der Waals surface area contributed by atoms with E-state index in [0.29, 0.717) is 11.5 Å². The summed E-state index contributed by atoms with van der Waals surface area (Å²) in [6, 6.07) is 17.9. The van der Waals surface area contributed by atoms with Crippen LogP contribution in [0.25, 0.3) is 10.8 Å². The highest BCUT2D eigenvalue weighted by atomic mass is 16.5. The molecule has 0 aromatic heterocycles. The maximum atomic E-state index is 11.3. The Morgan fingerprint density at radius 1 is 1.10 bits per heavy atom. The first-order chi connectivity index (χ1) is 13.8. The van der Waals surface area contributed by atoms with Crippen molar-refractivity contribution >= 4 is 34.3 Å². The summed E-state index contributed by atoms with van der Waals surface area (Å²) in [5.41, 5.74) is 2.11. The fourth-order valence-electron chi connectivity index (χ4n) is 4.58. The van der Waals surface area contributed by atoms with Crippen molar-refractivity contribution in [2.45, 2.75) is 31.9 Å². The van der Waals surface area contributed by atoms with E-state index in [2.05, 4.69) is 36.9 Å². The Morgan fingerprint density at radius 2 is 1.86 bits per heavy atom. The molecule has 5 heteroatoms. The maximum Gasteiger partial charge on any atom is 0.308 e. The molecule has 2 aliphatic rings. The summed E-state index contributed by atoms with van der Waals surface area (Å²) >= 11 is 0. The fraction of sp³-hybridized carbons (Fsp3) is 0.250. The quantitative estimate of drug-likeness (QED) is 0.437. The van der Waals surface area contributed by atoms with Crippen LogP contribution in [0.1, 0.15) is 26.3 Å². The van der Waals surface area contributed by atoms with E-state index in [1.54, 1.807) is 6.07 Å². The molecule has 2 heterocycles. The van der Waals surface area contributed by atoms with Gasteiger partial charge in [-0.1, -0.05) is 30.3 Å². The molecule has 0 saturated heterocycles. The molecule has 1 unspecified atom stereocenters. The SMILES string of the molecule is CC(=O)Oc1ccc2ccc3c(c2c1)N=CC1(O3)N(C)c2ccccc2C1(C)C. The largest absolute Gasteiger partial charge is 0.459 e. The van der Waals surface area contributed by atoms with Gasteiger partial charge >= 0.3 is 5.97 Å². The lowest BCUT2D eigenvalue weighted by Crippen LogP contribution is -2.61. The van der Waals surface area contributed by atoms with Gasteiger partial charge in [0, 0.05) is 25.0 Å². The molecule has 0 N–H and O–H groups in total. The van der Waals surface area contributed by atoms with Crippen LogP contribution in [-0.2, 0) is 10.2 Å². The average Bonchev–Trinajstić information content (AvgIpc) is 2.86. The second-order valence-corrected chi connectivity index (χ2v) is 8.15. The number of aliphatic imine (C=N–C) groups is 1. The number of rotatable bonds is 1. The first-order valence-corrected chi connectivity index (χ1v) is 9.66. The number of para-hydroxylation sites is 1. The first kappa shape index (κ1) is 17.7. The lowest BCUT2D eigenvalue weighted by Gasteiger charge is -2.45. The van der Waals surface area contributed by atoms with Crippen LogP contribution < -0.4 is 14.4 Å². The molecule has 3 aromatic rings. The van der Waals surface area contributed by atoms with Crippen LogP contribution >= 0.6 is 0 Å². The predicted molar refractivity (Wildman–Crippen MR) is 115 cm³/mol. The number of anilines is 1. The van der Waals surface area contributed by atoms with Crippen LogP contribution in [0.2, 0.25) is 0 Å². The lowest BCUT2D eigenvalue weighted by molar-refractivity contribution is -0.131. The van der Waals surface area contributed by atoms with Gasteiger partial charge in [-0.2, -0.15) is 0 Å². The van der Waals surface area contributed by atoms with E-state index >= 15 is 0 Å². The summed E-state index contributed by atoms with van der Waals surface area (Å²) in [7, 11) is 2.05. The molecule has 5 nitrogen and oxygen atoms in total. The number of carbonyl (C=O) groups is 1. The molecule has 0 aliphatic carbocycles. The van der Waals surface area contributed by atoms with Gasteiger partial charge in [-0.3, -0.25) is 9.79 Å². The van der Waals surface area contributed by atoms with Gasteiger partial charge in [0.2, 0.25) is 5.72 Å². The number of benzene rings is 3. The van der Waals surface area contributed by atoms with E-state index in [9.17, 15) is 4.79 Å². The summed E-state index contributed by atoms with van der Waals surface area (Å²) in [5.74, 6) is 0.868. The van der Waals surface area contributed by atoms with Gasteiger partial charge in [0.15, 0.2) is 0 Å². The average molecular weight is 386 g/mol.